The largest absolute Gasteiger partial charge is 0.462 e. The van der Waals surface area contributed by atoms with Crippen molar-refractivity contribution in [2.45, 2.75) is 258 Å². The second kappa shape index (κ2) is 51.5. The smallest absolute Gasteiger partial charge is 0.306 e. The maximum atomic E-state index is 12.8. The van der Waals surface area contributed by atoms with Crippen molar-refractivity contribution in [3.8, 4) is 0 Å². The molecule has 0 saturated carbocycles. The minimum Gasteiger partial charge on any atom is -0.462 e. The Balaban J connectivity index is 4.43. The fourth-order valence-electron chi connectivity index (χ4n) is 7.33. The van der Waals surface area contributed by atoms with E-state index in [1.54, 1.807) is 0 Å². The first-order valence-electron chi connectivity index (χ1n) is 26.5. The first kappa shape index (κ1) is 59.9. The van der Waals surface area contributed by atoms with Gasteiger partial charge < -0.3 is 14.2 Å². The normalized spacial score (nSPS) is 12.6. The maximum absolute atomic E-state index is 12.8. The zero-order valence-corrected chi connectivity index (χ0v) is 41.3. The van der Waals surface area contributed by atoms with Crippen LogP contribution in [0.25, 0.3) is 0 Å². The van der Waals surface area contributed by atoms with Gasteiger partial charge in [0.05, 0.1) is 0 Å². The molecule has 6 nitrogen and oxygen atoms in total. The highest BCUT2D eigenvalue weighted by atomic mass is 16.6. The van der Waals surface area contributed by atoms with Crippen molar-refractivity contribution in [1.29, 1.82) is 0 Å². The third-order valence-corrected chi connectivity index (χ3v) is 11.3. The molecule has 0 bridgehead atoms. The van der Waals surface area contributed by atoms with Crippen LogP contribution in [0.3, 0.4) is 0 Å². The van der Waals surface area contributed by atoms with E-state index >= 15 is 0 Å². The van der Waals surface area contributed by atoms with Crippen molar-refractivity contribution >= 4 is 17.9 Å². The number of carbonyl (C=O) groups is 3. The summed E-state index contributed by atoms with van der Waals surface area (Å²) >= 11 is 0. The molecule has 1 atom stereocenters. The Bertz CT molecular complexity index is 1190. The molecule has 0 aliphatic rings. The summed E-state index contributed by atoms with van der Waals surface area (Å²) in [5.74, 6) is -0.925. The molecule has 0 radical (unpaired) electrons. The number of rotatable bonds is 47. The van der Waals surface area contributed by atoms with Gasteiger partial charge in [-0.15, -0.1) is 0 Å². The number of hydrogen-bond acceptors (Lipinski definition) is 6. The lowest BCUT2D eigenvalue weighted by atomic mass is 10.0. The zero-order valence-electron chi connectivity index (χ0n) is 41.3. The molecule has 0 amide bonds. The third-order valence-electron chi connectivity index (χ3n) is 11.3. The van der Waals surface area contributed by atoms with Gasteiger partial charge in [-0.05, 0) is 64.2 Å². The Morgan fingerprint density at radius 2 is 0.619 bits per heavy atom. The number of unbranched alkanes of at least 4 members (excludes halogenated alkanes) is 28. The Kier molecular flexibility index (Phi) is 48.9. The average Bonchev–Trinajstić information content (AvgIpc) is 3.28. The molecule has 63 heavy (non-hydrogen) atoms. The van der Waals surface area contributed by atoms with E-state index in [0.29, 0.717) is 19.3 Å². The highest BCUT2D eigenvalue weighted by Gasteiger charge is 2.19. The van der Waals surface area contributed by atoms with E-state index in [2.05, 4.69) is 93.7 Å². The van der Waals surface area contributed by atoms with Gasteiger partial charge in [0, 0.05) is 19.3 Å². The summed E-state index contributed by atoms with van der Waals surface area (Å²) in [5, 5.41) is 0. The zero-order chi connectivity index (χ0) is 45.8. The molecular formula is C57H98O6. The Labute approximate surface area is 389 Å². The molecule has 1 unspecified atom stereocenters. The molecular weight excluding hydrogens is 781 g/mol. The summed E-state index contributed by atoms with van der Waals surface area (Å²) in [6.07, 6.45) is 64.5. The minimum absolute atomic E-state index is 0.0914. The second-order valence-corrected chi connectivity index (χ2v) is 17.5. The number of hydrogen-bond donors (Lipinski definition) is 0. The SMILES string of the molecule is CC\C=C/C=C\C=C/CCCCCCCC(=O)OCC(COC(=O)CCCCCCC\C=C/C=C\C=C/CCCCCCC)OC(=O)CCCCCCCCCCCCCCCC. The molecule has 0 aromatic carbocycles. The van der Waals surface area contributed by atoms with Gasteiger partial charge in [-0.1, -0.05) is 241 Å². The molecule has 0 aromatic rings. The van der Waals surface area contributed by atoms with E-state index in [-0.39, 0.29) is 31.1 Å². The molecule has 0 aliphatic heterocycles. The fourth-order valence-corrected chi connectivity index (χ4v) is 7.33. The number of carbonyl (C=O) groups excluding carboxylic acids is 3. The number of esters is 3. The van der Waals surface area contributed by atoms with Crippen LogP contribution in [-0.2, 0) is 28.6 Å². The number of ether oxygens (including phenoxy) is 3. The van der Waals surface area contributed by atoms with Crippen molar-refractivity contribution in [2.75, 3.05) is 13.2 Å². The summed E-state index contributed by atoms with van der Waals surface area (Å²) in [5.41, 5.74) is 0. The molecule has 362 valence electrons. The molecule has 0 aromatic heterocycles. The van der Waals surface area contributed by atoms with Gasteiger partial charge in [0.2, 0.25) is 0 Å². The van der Waals surface area contributed by atoms with Crippen molar-refractivity contribution in [3.05, 3.63) is 72.9 Å². The van der Waals surface area contributed by atoms with E-state index in [0.717, 1.165) is 103 Å². The van der Waals surface area contributed by atoms with Crippen LogP contribution >= 0.6 is 0 Å². The van der Waals surface area contributed by atoms with Gasteiger partial charge in [0.25, 0.3) is 0 Å². The van der Waals surface area contributed by atoms with Crippen LogP contribution in [0.15, 0.2) is 72.9 Å². The van der Waals surface area contributed by atoms with Gasteiger partial charge >= 0.3 is 17.9 Å². The van der Waals surface area contributed by atoms with Gasteiger partial charge in [-0.2, -0.15) is 0 Å². The van der Waals surface area contributed by atoms with Gasteiger partial charge in [0.15, 0.2) is 6.10 Å². The van der Waals surface area contributed by atoms with E-state index in [1.807, 2.05) is 0 Å². The Morgan fingerprint density at radius 3 is 0.952 bits per heavy atom. The lowest BCUT2D eigenvalue weighted by Crippen LogP contribution is -2.30. The average molecular weight is 879 g/mol. The quantitative estimate of drug-likeness (QED) is 0.0262. The lowest BCUT2D eigenvalue weighted by Gasteiger charge is -2.18. The monoisotopic (exact) mass is 879 g/mol. The van der Waals surface area contributed by atoms with Crippen molar-refractivity contribution in [2.24, 2.45) is 0 Å². The molecule has 0 aliphatic carbocycles. The first-order valence-corrected chi connectivity index (χ1v) is 26.5. The highest BCUT2D eigenvalue weighted by Crippen LogP contribution is 2.15. The Hall–Kier alpha value is -3.15. The highest BCUT2D eigenvalue weighted by molar-refractivity contribution is 5.71. The van der Waals surface area contributed by atoms with Gasteiger partial charge in [-0.25, -0.2) is 0 Å². The van der Waals surface area contributed by atoms with Gasteiger partial charge in [0.1, 0.15) is 13.2 Å². The van der Waals surface area contributed by atoms with E-state index in [1.165, 1.54) is 109 Å². The summed E-state index contributed by atoms with van der Waals surface area (Å²) < 4.78 is 16.8. The molecule has 0 spiro atoms. The lowest BCUT2D eigenvalue weighted by molar-refractivity contribution is -0.167. The van der Waals surface area contributed by atoms with Crippen LogP contribution in [0.4, 0.5) is 0 Å². The predicted octanol–water partition coefficient (Wildman–Crippen LogP) is 17.4. The molecule has 0 N–H and O–H groups in total. The molecule has 0 saturated heterocycles. The fraction of sp³-hybridized carbons (Fsp3) is 0.737. The Morgan fingerprint density at radius 1 is 0.333 bits per heavy atom. The van der Waals surface area contributed by atoms with Crippen LogP contribution in [0.2, 0.25) is 0 Å². The van der Waals surface area contributed by atoms with Crippen LogP contribution in [0.5, 0.6) is 0 Å². The molecule has 6 heteroatoms. The van der Waals surface area contributed by atoms with Gasteiger partial charge in [-0.3, -0.25) is 14.4 Å². The summed E-state index contributed by atoms with van der Waals surface area (Å²) in [4.78, 5) is 38.0. The van der Waals surface area contributed by atoms with E-state index < -0.39 is 6.10 Å². The van der Waals surface area contributed by atoms with Crippen molar-refractivity contribution in [1.82, 2.24) is 0 Å². The van der Waals surface area contributed by atoms with Crippen molar-refractivity contribution < 1.29 is 28.6 Å². The summed E-state index contributed by atoms with van der Waals surface area (Å²) in [6, 6.07) is 0. The van der Waals surface area contributed by atoms with Crippen LogP contribution in [0, 0.1) is 0 Å². The first-order chi connectivity index (χ1) is 31.0. The van der Waals surface area contributed by atoms with E-state index in [4.69, 9.17) is 14.2 Å². The summed E-state index contributed by atoms with van der Waals surface area (Å²) in [6.45, 7) is 6.46. The predicted molar refractivity (Wildman–Crippen MR) is 270 cm³/mol. The van der Waals surface area contributed by atoms with Crippen LogP contribution < -0.4 is 0 Å². The molecule has 0 rings (SSSR count). The topological polar surface area (TPSA) is 78.9 Å². The third kappa shape index (κ3) is 49.7. The van der Waals surface area contributed by atoms with E-state index in [9.17, 15) is 14.4 Å². The maximum Gasteiger partial charge on any atom is 0.306 e. The van der Waals surface area contributed by atoms with Crippen LogP contribution in [-0.4, -0.2) is 37.2 Å². The minimum atomic E-state index is -0.790. The summed E-state index contributed by atoms with van der Waals surface area (Å²) in [7, 11) is 0. The standard InChI is InChI=1S/C57H98O6/c1-4-7-10-13-16-19-22-25-27-28-29-30-33-35-38-41-44-47-50-56(59)62-53-54(52-61-55(58)49-46-43-40-37-34-31-24-21-18-15-12-9-6-3)63-57(60)51-48-45-42-39-36-32-26-23-20-17-14-11-8-5-2/h9,12,15,18,21-22,24-25,27-30,54H,4-8,10-11,13-14,16-17,19-20,23,26,31-53H2,1-3H3/b12-9-,18-15-,24-21-,25-22-,28-27-,30-29-. The second-order valence-electron chi connectivity index (χ2n) is 17.5. The van der Waals surface area contributed by atoms with Crippen molar-refractivity contribution in [3.63, 3.8) is 0 Å². The molecule has 0 fully saturated rings. The number of allylic oxidation sites excluding steroid dienone is 12. The van der Waals surface area contributed by atoms with Crippen LogP contribution in [0.1, 0.15) is 252 Å². The molecule has 0 heterocycles.